The third-order valence-electron chi connectivity index (χ3n) is 4.59. The number of hydrogen-bond acceptors (Lipinski definition) is 4. The number of carbonyl (C=O) groups excluding carboxylic acids is 1. The number of halogens is 1. The molecule has 1 amide bonds. The summed E-state index contributed by atoms with van der Waals surface area (Å²) >= 11 is 7.45. The molecule has 3 aromatic rings. The molecule has 150 valence electrons. The van der Waals surface area contributed by atoms with Gasteiger partial charge in [0, 0.05) is 22.5 Å². The maximum absolute atomic E-state index is 12.8. The number of ether oxygens (including phenoxy) is 1. The second-order valence-corrected chi connectivity index (χ2v) is 8.08. The number of benzene rings is 2. The van der Waals surface area contributed by atoms with Crippen LogP contribution in [0.3, 0.4) is 0 Å². The number of carbonyl (C=O) groups is 1. The number of aryl methyl sites for hydroxylation is 1. The van der Waals surface area contributed by atoms with Gasteiger partial charge in [0.1, 0.15) is 17.4 Å². The summed E-state index contributed by atoms with van der Waals surface area (Å²) < 4.78 is 5.94. The minimum Gasteiger partial charge on any atom is -0.486 e. The average Bonchev–Trinajstić information content (AvgIpc) is 3.16. The molecule has 0 fully saturated rings. The van der Waals surface area contributed by atoms with Crippen LogP contribution < -0.4 is 4.74 Å². The molecule has 3 rings (SSSR count). The lowest BCUT2D eigenvalue weighted by atomic mass is 10.1. The van der Waals surface area contributed by atoms with Gasteiger partial charge < -0.3 is 9.64 Å². The molecule has 0 saturated carbocycles. The first-order valence-corrected chi connectivity index (χ1v) is 10.5. The summed E-state index contributed by atoms with van der Waals surface area (Å²) in [6.45, 7) is 9.13. The van der Waals surface area contributed by atoms with E-state index in [1.54, 1.807) is 35.2 Å². The van der Waals surface area contributed by atoms with Crippen LogP contribution in [0, 0.1) is 13.8 Å². The van der Waals surface area contributed by atoms with Crippen LogP contribution in [-0.2, 0) is 13.2 Å². The number of amides is 1. The quantitative estimate of drug-likeness (QED) is 0.426. The van der Waals surface area contributed by atoms with Gasteiger partial charge in [-0.1, -0.05) is 29.8 Å². The van der Waals surface area contributed by atoms with Crippen LogP contribution in [0.5, 0.6) is 5.75 Å². The fraction of sp³-hybridized carbons (Fsp3) is 0.217. The van der Waals surface area contributed by atoms with Gasteiger partial charge in [-0.2, -0.15) is 0 Å². The molecule has 0 atom stereocenters. The zero-order valence-corrected chi connectivity index (χ0v) is 18.1. The Kier molecular flexibility index (Phi) is 7.07. The Hall–Kier alpha value is -2.63. The third-order valence-corrected chi connectivity index (χ3v) is 5.71. The Balaban J connectivity index is 1.66. The first-order chi connectivity index (χ1) is 14.0. The van der Waals surface area contributed by atoms with Crippen LogP contribution in [0.4, 0.5) is 0 Å². The highest BCUT2D eigenvalue weighted by molar-refractivity contribution is 7.09. The minimum atomic E-state index is -0.0808. The highest BCUT2D eigenvalue weighted by atomic mass is 35.5. The fourth-order valence-electron chi connectivity index (χ4n) is 2.85. The van der Waals surface area contributed by atoms with Crippen LogP contribution in [0.15, 0.2) is 60.5 Å². The fourth-order valence-corrected chi connectivity index (χ4v) is 3.68. The van der Waals surface area contributed by atoms with E-state index in [2.05, 4.69) is 24.6 Å². The predicted molar refractivity (Wildman–Crippen MR) is 119 cm³/mol. The third kappa shape index (κ3) is 5.46. The van der Waals surface area contributed by atoms with Crippen LogP contribution in [0.1, 0.15) is 32.2 Å². The highest BCUT2D eigenvalue weighted by Crippen LogP contribution is 2.23. The number of rotatable bonds is 8. The van der Waals surface area contributed by atoms with Crippen LogP contribution >= 0.6 is 22.9 Å². The lowest BCUT2D eigenvalue weighted by Crippen LogP contribution is -2.30. The topological polar surface area (TPSA) is 42.4 Å². The maximum atomic E-state index is 12.8. The molecule has 6 heteroatoms. The van der Waals surface area contributed by atoms with E-state index in [-0.39, 0.29) is 5.91 Å². The van der Waals surface area contributed by atoms with E-state index in [0.29, 0.717) is 30.3 Å². The van der Waals surface area contributed by atoms with E-state index >= 15 is 0 Å². The number of aromatic nitrogens is 1. The normalized spacial score (nSPS) is 10.6. The van der Waals surface area contributed by atoms with Crippen molar-refractivity contribution in [3.05, 3.63) is 92.9 Å². The molecule has 0 aliphatic carbocycles. The molecular formula is C23H23ClN2O2S. The van der Waals surface area contributed by atoms with Crippen molar-refractivity contribution in [1.82, 2.24) is 9.88 Å². The van der Waals surface area contributed by atoms with Crippen molar-refractivity contribution < 1.29 is 9.53 Å². The van der Waals surface area contributed by atoms with E-state index in [4.69, 9.17) is 16.3 Å². The second-order valence-electron chi connectivity index (χ2n) is 6.70. The molecule has 0 spiro atoms. The lowest BCUT2D eigenvalue weighted by molar-refractivity contribution is 0.0761. The molecule has 1 aromatic heterocycles. The molecule has 0 N–H and O–H groups in total. The van der Waals surface area contributed by atoms with E-state index in [0.717, 1.165) is 22.0 Å². The van der Waals surface area contributed by atoms with Crippen molar-refractivity contribution in [3.8, 4) is 5.75 Å². The molecule has 4 nitrogen and oxygen atoms in total. The molecule has 29 heavy (non-hydrogen) atoms. The Morgan fingerprint density at radius 1 is 1.24 bits per heavy atom. The molecule has 0 aliphatic heterocycles. The van der Waals surface area contributed by atoms with Crippen molar-refractivity contribution in [2.24, 2.45) is 0 Å². The molecule has 0 saturated heterocycles. The van der Waals surface area contributed by atoms with Gasteiger partial charge >= 0.3 is 0 Å². The maximum Gasteiger partial charge on any atom is 0.254 e. The van der Waals surface area contributed by atoms with Gasteiger partial charge in [0.05, 0.1) is 12.2 Å². The number of thiazole rings is 1. The monoisotopic (exact) mass is 426 g/mol. The summed E-state index contributed by atoms with van der Waals surface area (Å²) in [4.78, 5) is 19.2. The molecule has 1 heterocycles. The van der Waals surface area contributed by atoms with Gasteiger partial charge in [-0.3, -0.25) is 4.79 Å². The molecule has 2 aromatic carbocycles. The summed E-state index contributed by atoms with van der Waals surface area (Å²) in [6, 6.07) is 12.9. The van der Waals surface area contributed by atoms with E-state index in [1.807, 2.05) is 24.4 Å². The summed E-state index contributed by atoms with van der Waals surface area (Å²) in [5.74, 6) is 0.788. The Morgan fingerprint density at radius 3 is 2.72 bits per heavy atom. The van der Waals surface area contributed by atoms with Crippen LogP contribution in [-0.4, -0.2) is 22.3 Å². The Morgan fingerprint density at radius 2 is 2.00 bits per heavy atom. The SMILES string of the molecule is C=CCN(Cc1csc(COc2cccc(C)c2C)n1)C(=O)c1ccc(Cl)cc1. The van der Waals surface area contributed by atoms with Gasteiger partial charge in [0.15, 0.2) is 0 Å². The van der Waals surface area contributed by atoms with Gasteiger partial charge in [0.25, 0.3) is 5.91 Å². The first kappa shape index (κ1) is 21.1. The molecule has 0 aliphatic rings. The average molecular weight is 427 g/mol. The van der Waals surface area contributed by atoms with Crippen molar-refractivity contribution in [2.75, 3.05) is 6.54 Å². The van der Waals surface area contributed by atoms with Gasteiger partial charge in [-0.15, -0.1) is 17.9 Å². The van der Waals surface area contributed by atoms with Crippen LogP contribution in [0.2, 0.25) is 5.02 Å². The van der Waals surface area contributed by atoms with E-state index < -0.39 is 0 Å². The van der Waals surface area contributed by atoms with Crippen molar-refractivity contribution in [1.29, 1.82) is 0 Å². The zero-order valence-electron chi connectivity index (χ0n) is 16.5. The molecule has 0 bridgehead atoms. The Bertz CT molecular complexity index is 998. The standard InChI is InChI=1S/C23H23ClN2O2S/c1-4-12-26(23(27)18-8-10-19(24)11-9-18)13-20-15-29-22(25-20)14-28-21-7-5-6-16(2)17(21)3/h4-11,15H,1,12-14H2,2-3H3. The second kappa shape index (κ2) is 9.72. The van der Waals surface area contributed by atoms with Gasteiger partial charge in [-0.05, 0) is 55.3 Å². The molecular weight excluding hydrogens is 404 g/mol. The smallest absolute Gasteiger partial charge is 0.254 e. The van der Waals surface area contributed by atoms with E-state index in [9.17, 15) is 4.79 Å². The summed E-state index contributed by atoms with van der Waals surface area (Å²) in [5.41, 5.74) is 3.75. The first-order valence-electron chi connectivity index (χ1n) is 9.26. The van der Waals surface area contributed by atoms with Gasteiger partial charge in [-0.25, -0.2) is 4.98 Å². The summed E-state index contributed by atoms with van der Waals surface area (Å²) in [6.07, 6.45) is 1.71. The number of hydrogen-bond donors (Lipinski definition) is 0. The van der Waals surface area contributed by atoms with Crippen LogP contribution in [0.25, 0.3) is 0 Å². The van der Waals surface area contributed by atoms with E-state index in [1.165, 1.54) is 16.9 Å². The van der Waals surface area contributed by atoms with Crippen molar-refractivity contribution in [2.45, 2.75) is 27.0 Å². The highest BCUT2D eigenvalue weighted by Gasteiger charge is 2.16. The lowest BCUT2D eigenvalue weighted by Gasteiger charge is -2.20. The van der Waals surface area contributed by atoms with Crippen molar-refractivity contribution in [3.63, 3.8) is 0 Å². The molecule has 0 radical (unpaired) electrons. The molecule has 0 unspecified atom stereocenters. The van der Waals surface area contributed by atoms with Crippen molar-refractivity contribution >= 4 is 28.8 Å². The summed E-state index contributed by atoms with van der Waals surface area (Å²) in [7, 11) is 0. The Labute approximate surface area is 180 Å². The largest absolute Gasteiger partial charge is 0.486 e. The minimum absolute atomic E-state index is 0.0808. The zero-order chi connectivity index (χ0) is 20.8. The predicted octanol–water partition coefficient (Wildman–Crippen LogP) is 5.82. The van der Waals surface area contributed by atoms with Gasteiger partial charge in [0.2, 0.25) is 0 Å². The summed E-state index contributed by atoms with van der Waals surface area (Å²) in [5, 5.41) is 3.44. The number of nitrogens with zero attached hydrogens (tertiary/aromatic N) is 2.